The molecule has 0 saturated carbocycles. The summed E-state index contributed by atoms with van der Waals surface area (Å²) in [6.45, 7) is 1.44. The van der Waals surface area contributed by atoms with E-state index < -0.39 is 5.91 Å². The monoisotopic (exact) mass is 291 g/mol. The molecule has 21 heavy (non-hydrogen) atoms. The number of amides is 1. The maximum atomic E-state index is 13.0. The molecule has 0 bridgehead atoms. The number of aryl methyl sites for hydroxylation is 1. The molecule has 1 aromatic carbocycles. The van der Waals surface area contributed by atoms with Crippen LogP contribution < -0.4 is 15.5 Å². The third-order valence-electron chi connectivity index (χ3n) is 2.73. The fourth-order valence-electron chi connectivity index (χ4n) is 1.71. The molecule has 2 rings (SSSR count). The highest BCUT2D eigenvalue weighted by molar-refractivity contribution is 5.77. The van der Waals surface area contributed by atoms with Crippen LogP contribution in [0, 0.1) is 12.7 Å². The van der Waals surface area contributed by atoms with Crippen molar-refractivity contribution in [1.82, 2.24) is 5.32 Å². The van der Waals surface area contributed by atoms with E-state index in [0.29, 0.717) is 11.3 Å². The minimum Gasteiger partial charge on any atom is -0.476 e. The lowest BCUT2D eigenvalue weighted by Crippen LogP contribution is -2.29. The normalized spacial score (nSPS) is 10.2. The van der Waals surface area contributed by atoms with E-state index in [9.17, 15) is 14.0 Å². The van der Waals surface area contributed by atoms with Crippen LogP contribution in [0.1, 0.15) is 11.3 Å². The van der Waals surface area contributed by atoms with E-state index in [1.54, 1.807) is 19.1 Å². The molecule has 1 heterocycles. The van der Waals surface area contributed by atoms with Gasteiger partial charge in [-0.3, -0.25) is 9.59 Å². The van der Waals surface area contributed by atoms with Crippen molar-refractivity contribution < 1.29 is 18.3 Å². The predicted octanol–water partition coefficient (Wildman–Crippen LogP) is 1.78. The molecule has 1 aromatic heterocycles. The number of halogens is 1. The van der Waals surface area contributed by atoms with E-state index in [4.69, 9.17) is 9.15 Å². The Kier molecular flexibility index (Phi) is 4.71. The first kappa shape index (κ1) is 14.8. The lowest BCUT2D eigenvalue weighted by molar-refractivity contribution is -0.123. The standard InChI is InChI=1S/C15H14FNO4/c1-10-15(13(18)5-6-20-10)21-9-14(19)17-8-11-3-2-4-12(16)7-11/h2-7H,8-9H2,1H3,(H,17,19). The van der Waals surface area contributed by atoms with Crippen LogP contribution in [0.25, 0.3) is 0 Å². The highest BCUT2D eigenvalue weighted by Crippen LogP contribution is 2.10. The van der Waals surface area contributed by atoms with Crippen molar-refractivity contribution in [2.24, 2.45) is 0 Å². The number of ether oxygens (including phenoxy) is 1. The van der Waals surface area contributed by atoms with Gasteiger partial charge in [0.2, 0.25) is 11.2 Å². The summed E-state index contributed by atoms with van der Waals surface area (Å²) in [6, 6.07) is 7.13. The molecule has 0 radical (unpaired) electrons. The largest absolute Gasteiger partial charge is 0.476 e. The molecule has 2 aromatic rings. The fourth-order valence-corrected chi connectivity index (χ4v) is 1.71. The Morgan fingerprint density at radius 3 is 2.90 bits per heavy atom. The van der Waals surface area contributed by atoms with E-state index >= 15 is 0 Å². The Balaban J connectivity index is 1.87. The minimum absolute atomic E-state index is 0.0124. The minimum atomic E-state index is -0.415. The molecule has 0 aliphatic rings. The van der Waals surface area contributed by atoms with Gasteiger partial charge in [0.05, 0.1) is 6.26 Å². The molecule has 5 nitrogen and oxygen atoms in total. The van der Waals surface area contributed by atoms with Gasteiger partial charge in [0.15, 0.2) is 6.61 Å². The van der Waals surface area contributed by atoms with Crippen molar-refractivity contribution >= 4 is 5.91 Å². The lowest BCUT2D eigenvalue weighted by Gasteiger charge is -2.08. The van der Waals surface area contributed by atoms with Gasteiger partial charge in [-0.25, -0.2) is 4.39 Å². The summed E-state index contributed by atoms with van der Waals surface area (Å²) in [5, 5.41) is 2.57. The van der Waals surface area contributed by atoms with Gasteiger partial charge < -0.3 is 14.5 Å². The molecule has 0 aliphatic heterocycles. The summed E-state index contributed by atoms with van der Waals surface area (Å²) in [5.74, 6) is -0.462. The van der Waals surface area contributed by atoms with E-state index in [0.717, 1.165) is 0 Å². The second-order valence-electron chi connectivity index (χ2n) is 4.37. The molecule has 110 valence electrons. The zero-order valence-corrected chi connectivity index (χ0v) is 11.4. The number of rotatable bonds is 5. The van der Waals surface area contributed by atoms with Gasteiger partial charge in [0.1, 0.15) is 11.6 Å². The Bertz CT molecular complexity index is 696. The number of carbonyl (C=O) groups is 1. The fraction of sp³-hybridized carbons (Fsp3) is 0.200. The van der Waals surface area contributed by atoms with Crippen LogP contribution in [0.15, 0.2) is 45.8 Å². The van der Waals surface area contributed by atoms with Gasteiger partial charge in [-0.15, -0.1) is 0 Å². The van der Waals surface area contributed by atoms with Gasteiger partial charge in [0.25, 0.3) is 5.91 Å². The predicted molar refractivity (Wildman–Crippen MR) is 73.5 cm³/mol. The summed E-state index contributed by atoms with van der Waals surface area (Å²) < 4.78 is 23.1. The van der Waals surface area contributed by atoms with Crippen LogP contribution in [-0.4, -0.2) is 12.5 Å². The van der Waals surface area contributed by atoms with Crippen molar-refractivity contribution in [3.63, 3.8) is 0 Å². The summed E-state index contributed by atoms with van der Waals surface area (Å²) in [5.41, 5.74) is 0.287. The van der Waals surface area contributed by atoms with E-state index in [-0.39, 0.29) is 30.1 Å². The second-order valence-corrected chi connectivity index (χ2v) is 4.37. The molecule has 0 saturated heterocycles. The SMILES string of the molecule is Cc1occc(=O)c1OCC(=O)NCc1cccc(F)c1. The van der Waals surface area contributed by atoms with Crippen LogP contribution >= 0.6 is 0 Å². The number of hydrogen-bond donors (Lipinski definition) is 1. The van der Waals surface area contributed by atoms with Gasteiger partial charge in [-0.2, -0.15) is 0 Å². The van der Waals surface area contributed by atoms with Crippen LogP contribution in [-0.2, 0) is 11.3 Å². The number of carbonyl (C=O) groups excluding carboxylic acids is 1. The molecule has 0 fully saturated rings. The third-order valence-corrected chi connectivity index (χ3v) is 2.73. The van der Waals surface area contributed by atoms with Crippen molar-refractivity contribution in [3.05, 3.63) is 64.0 Å². The van der Waals surface area contributed by atoms with Crippen LogP contribution in [0.3, 0.4) is 0 Å². The van der Waals surface area contributed by atoms with Gasteiger partial charge in [-0.1, -0.05) is 12.1 Å². The Morgan fingerprint density at radius 2 is 2.19 bits per heavy atom. The highest BCUT2D eigenvalue weighted by atomic mass is 19.1. The van der Waals surface area contributed by atoms with Crippen molar-refractivity contribution in [2.75, 3.05) is 6.61 Å². The first-order chi connectivity index (χ1) is 10.1. The van der Waals surface area contributed by atoms with Crippen LogP contribution in [0.2, 0.25) is 0 Å². The average molecular weight is 291 g/mol. The lowest BCUT2D eigenvalue weighted by atomic mass is 10.2. The van der Waals surface area contributed by atoms with Crippen molar-refractivity contribution in [3.8, 4) is 5.75 Å². The average Bonchev–Trinajstić information content (AvgIpc) is 2.45. The number of benzene rings is 1. The van der Waals surface area contributed by atoms with Gasteiger partial charge >= 0.3 is 0 Å². The molecular weight excluding hydrogens is 277 g/mol. The smallest absolute Gasteiger partial charge is 0.258 e. The maximum Gasteiger partial charge on any atom is 0.258 e. The first-order valence-electron chi connectivity index (χ1n) is 6.28. The third kappa shape index (κ3) is 4.17. The molecule has 1 N–H and O–H groups in total. The quantitative estimate of drug-likeness (QED) is 0.911. The van der Waals surface area contributed by atoms with E-state index in [1.165, 1.54) is 24.5 Å². The summed E-state index contributed by atoms with van der Waals surface area (Å²) in [7, 11) is 0. The topological polar surface area (TPSA) is 68.5 Å². The summed E-state index contributed by atoms with van der Waals surface area (Å²) in [4.78, 5) is 23.1. The first-order valence-corrected chi connectivity index (χ1v) is 6.28. The van der Waals surface area contributed by atoms with E-state index in [2.05, 4.69) is 5.32 Å². The zero-order chi connectivity index (χ0) is 15.2. The zero-order valence-electron chi connectivity index (χ0n) is 11.4. The van der Waals surface area contributed by atoms with Crippen LogP contribution in [0.5, 0.6) is 5.75 Å². The van der Waals surface area contributed by atoms with E-state index in [1.807, 2.05) is 0 Å². The second kappa shape index (κ2) is 6.69. The van der Waals surface area contributed by atoms with Crippen molar-refractivity contribution in [1.29, 1.82) is 0 Å². The number of nitrogens with one attached hydrogen (secondary N) is 1. The Morgan fingerprint density at radius 1 is 1.38 bits per heavy atom. The summed E-state index contributed by atoms with van der Waals surface area (Å²) in [6.07, 6.45) is 1.26. The molecule has 0 aliphatic carbocycles. The number of hydrogen-bond acceptors (Lipinski definition) is 4. The molecule has 6 heteroatoms. The summed E-state index contributed by atoms with van der Waals surface area (Å²) >= 11 is 0. The van der Waals surface area contributed by atoms with Crippen LogP contribution in [0.4, 0.5) is 4.39 Å². The molecular formula is C15H14FNO4. The molecule has 0 unspecified atom stereocenters. The van der Waals surface area contributed by atoms with Gasteiger partial charge in [0, 0.05) is 12.6 Å². The van der Waals surface area contributed by atoms with Crippen molar-refractivity contribution in [2.45, 2.75) is 13.5 Å². The Hall–Kier alpha value is -2.63. The maximum absolute atomic E-state index is 13.0. The molecule has 0 atom stereocenters. The Labute approximate surface area is 120 Å². The highest BCUT2D eigenvalue weighted by Gasteiger charge is 2.09. The van der Waals surface area contributed by atoms with Gasteiger partial charge in [-0.05, 0) is 24.6 Å². The molecule has 1 amide bonds. The molecule has 0 spiro atoms.